The molecule has 2 rings (SSSR count). The van der Waals surface area contributed by atoms with Crippen molar-refractivity contribution in [3.8, 4) is 0 Å². The molecule has 1 fully saturated rings. The predicted octanol–water partition coefficient (Wildman–Crippen LogP) is 2.71. The van der Waals surface area contributed by atoms with E-state index in [9.17, 15) is 18.0 Å². The SMILES string of the molecule is COC(=O)[C@H]1C[C@@H](c2ccc(C(F)(F)F)cc2)CCN1. The summed E-state index contributed by atoms with van der Waals surface area (Å²) in [5.41, 5.74) is 0.174. The van der Waals surface area contributed by atoms with Crippen LogP contribution in [0, 0.1) is 0 Å². The van der Waals surface area contributed by atoms with Gasteiger partial charge in [0.25, 0.3) is 0 Å². The van der Waals surface area contributed by atoms with Gasteiger partial charge in [0, 0.05) is 0 Å². The molecule has 0 amide bonds. The van der Waals surface area contributed by atoms with Crippen LogP contribution in [-0.2, 0) is 15.7 Å². The summed E-state index contributed by atoms with van der Waals surface area (Å²) in [4.78, 5) is 11.5. The van der Waals surface area contributed by atoms with Crippen LogP contribution in [0.4, 0.5) is 13.2 Å². The van der Waals surface area contributed by atoms with Crippen LogP contribution < -0.4 is 5.32 Å². The molecule has 1 aliphatic heterocycles. The lowest BCUT2D eigenvalue weighted by Crippen LogP contribution is -2.43. The fourth-order valence-corrected chi connectivity index (χ4v) is 2.49. The van der Waals surface area contributed by atoms with Gasteiger partial charge in [-0.3, -0.25) is 4.79 Å². The molecular weight excluding hydrogens is 271 g/mol. The lowest BCUT2D eigenvalue weighted by atomic mass is 9.86. The number of halogens is 3. The topological polar surface area (TPSA) is 38.3 Å². The molecule has 1 N–H and O–H groups in total. The van der Waals surface area contributed by atoms with Gasteiger partial charge in [0.1, 0.15) is 6.04 Å². The van der Waals surface area contributed by atoms with Crippen LogP contribution in [0.15, 0.2) is 24.3 Å². The number of carbonyl (C=O) groups is 1. The van der Waals surface area contributed by atoms with Crippen molar-refractivity contribution >= 4 is 5.97 Å². The van der Waals surface area contributed by atoms with E-state index >= 15 is 0 Å². The van der Waals surface area contributed by atoms with Crippen molar-refractivity contribution in [1.29, 1.82) is 0 Å². The Morgan fingerprint density at radius 3 is 2.50 bits per heavy atom. The van der Waals surface area contributed by atoms with E-state index in [-0.39, 0.29) is 17.9 Å². The number of piperidine rings is 1. The summed E-state index contributed by atoms with van der Waals surface area (Å²) in [6.07, 6.45) is -2.99. The largest absolute Gasteiger partial charge is 0.468 e. The van der Waals surface area contributed by atoms with Crippen molar-refractivity contribution in [2.45, 2.75) is 31.0 Å². The highest BCUT2D eigenvalue weighted by Gasteiger charge is 2.31. The molecule has 0 spiro atoms. The first-order valence-corrected chi connectivity index (χ1v) is 6.40. The first kappa shape index (κ1) is 14.8. The molecule has 0 unspecified atom stereocenters. The van der Waals surface area contributed by atoms with E-state index < -0.39 is 11.7 Å². The average molecular weight is 287 g/mol. The minimum atomic E-state index is -4.32. The number of rotatable bonds is 2. The van der Waals surface area contributed by atoms with Crippen LogP contribution in [0.2, 0.25) is 0 Å². The molecule has 20 heavy (non-hydrogen) atoms. The Kier molecular flexibility index (Phi) is 4.32. The fourth-order valence-electron chi connectivity index (χ4n) is 2.49. The summed E-state index contributed by atoms with van der Waals surface area (Å²) in [6, 6.07) is 4.77. The van der Waals surface area contributed by atoms with Crippen molar-refractivity contribution in [3.05, 3.63) is 35.4 Å². The average Bonchev–Trinajstić information content (AvgIpc) is 2.46. The highest BCUT2D eigenvalue weighted by molar-refractivity contribution is 5.75. The predicted molar refractivity (Wildman–Crippen MR) is 67.2 cm³/mol. The summed E-state index contributed by atoms with van der Waals surface area (Å²) in [7, 11) is 1.33. The second-order valence-electron chi connectivity index (χ2n) is 4.87. The standard InChI is InChI=1S/C14H16F3NO2/c1-20-13(19)12-8-10(6-7-18-12)9-2-4-11(5-3-9)14(15,16)17/h2-5,10,12,18H,6-8H2,1H3/t10-,12+/m0/s1. The molecule has 1 saturated heterocycles. The zero-order valence-electron chi connectivity index (χ0n) is 11.0. The van der Waals surface area contributed by atoms with Gasteiger partial charge in [-0.2, -0.15) is 13.2 Å². The van der Waals surface area contributed by atoms with Gasteiger partial charge in [0.2, 0.25) is 0 Å². The summed E-state index contributed by atoms with van der Waals surface area (Å²) >= 11 is 0. The van der Waals surface area contributed by atoms with Crippen LogP contribution in [0.5, 0.6) is 0 Å². The monoisotopic (exact) mass is 287 g/mol. The van der Waals surface area contributed by atoms with Crippen molar-refractivity contribution in [1.82, 2.24) is 5.32 Å². The summed E-state index contributed by atoms with van der Waals surface area (Å²) in [5, 5.41) is 3.05. The Balaban J connectivity index is 2.09. The van der Waals surface area contributed by atoms with Crippen LogP contribution in [-0.4, -0.2) is 25.7 Å². The molecular formula is C14H16F3NO2. The number of esters is 1. The highest BCUT2D eigenvalue weighted by atomic mass is 19.4. The number of benzene rings is 1. The van der Waals surface area contributed by atoms with Crippen molar-refractivity contribution in [2.24, 2.45) is 0 Å². The molecule has 2 atom stereocenters. The van der Waals surface area contributed by atoms with Gasteiger partial charge in [-0.05, 0) is 43.0 Å². The minimum absolute atomic E-state index is 0.0719. The molecule has 0 saturated carbocycles. The quantitative estimate of drug-likeness (QED) is 0.850. The molecule has 3 nitrogen and oxygen atoms in total. The molecule has 110 valence electrons. The summed E-state index contributed by atoms with van der Waals surface area (Å²) in [6.45, 7) is 0.644. The first-order valence-electron chi connectivity index (χ1n) is 6.40. The molecule has 1 aliphatic rings. The highest BCUT2D eigenvalue weighted by Crippen LogP contribution is 2.32. The maximum atomic E-state index is 12.5. The Morgan fingerprint density at radius 2 is 1.95 bits per heavy atom. The molecule has 1 aromatic carbocycles. The third-order valence-electron chi connectivity index (χ3n) is 3.60. The Labute approximate surface area is 115 Å². The van der Waals surface area contributed by atoms with Crippen LogP contribution in [0.1, 0.15) is 29.9 Å². The number of methoxy groups -OCH3 is 1. The van der Waals surface area contributed by atoms with E-state index in [1.165, 1.54) is 19.2 Å². The molecule has 0 aliphatic carbocycles. The Bertz CT molecular complexity index is 470. The minimum Gasteiger partial charge on any atom is -0.468 e. The van der Waals surface area contributed by atoms with Crippen molar-refractivity contribution in [3.63, 3.8) is 0 Å². The molecule has 1 aromatic rings. The normalized spacial score (nSPS) is 23.4. The zero-order valence-corrected chi connectivity index (χ0v) is 11.0. The number of hydrogen-bond acceptors (Lipinski definition) is 3. The second-order valence-corrected chi connectivity index (χ2v) is 4.87. The van der Waals surface area contributed by atoms with Gasteiger partial charge in [-0.1, -0.05) is 12.1 Å². The maximum Gasteiger partial charge on any atom is 0.416 e. The van der Waals surface area contributed by atoms with Gasteiger partial charge in [0.15, 0.2) is 0 Å². The lowest BCUT2D eigenvalue weighted by Gasteiger charge is -2.29. The molecule has 6 heteroatoms. The maximum absolute atomic E-state index is 12.5. The van der Waals surface area contributed by atoms with E-state index in [0.717, 1.165) is 24.1 Å². The van der Waals surface area contributed by atoms with Crippen LogP contribution >= 0.6 is 0 Å². The van der Waals surface area contributed by atoms with Gasteiger partial charge in [-0.25, -0.2) is 0 Å². The van der Waals surface area contributed by atoms with E-state index in [4.69, 9.17) is 0 Å². The Morgan fingerprint density at radius 1 is 1.30 bits per heavy atom. The lowest BCUT2D eigenvalue weighted by molar-refractivity contribution is -0.143. The van der Waals surface area contributed by atoms with E-state index in [2.05, 4.69) is 10.1 Å². The number of alkyl halides is 3. The second kappa shape index (κ2) is 5.83. The molecule has 1 heterocycles. The van der Waals surface area contributed by atoms with Crippen LogP contribution in [0.25, 0.3) is 0 Å². The first-order chi connectivity index (χ1) is 9.41. The molecule has 0 bridgehead atoms. The zero-order chi connectivity index (χ0) is 14.8. The van der Waals surface area contributed by atoms with Crippen molar-refractivity contribution < 1.29 is 22.7 Å². The number of hydrogen-bond donors (Lipinski definition) is 1. The Hall–Kier alpha value is -1.56. The third-order valence-corrected chi connectivity index (χ3v) is 3.60. The summed E-state index contributed by atoms with van der Waals surface area (Å²) in [5.74, 6) is -0.260. The smallest absolute Gasteiger partial charge is 0.416 e. The van der Waals surface area contributed by atoms with Gasteiger partial charge in [-0.15, -0.1) is 0 Å². The van der Waals surface area contributed by atoms with Gasteiger partial charge >= 0.3 is 12.1 Å². The van der Waals surface area contributed by atoms with Crippen LogP contribution in [0.3, 0.4) is 0 Å². The molecule has 0 aromatic heterocycles. The number of nitrogens with one attached hydrogen (secondary N) is 1. The van der Waals surface area contributed by atoms with E-state index in [1.54, 1.807) is 0 Å². The fraction of sp³-hybridized carbons (Fsp3) is 0.500. The number of carbonyl (C=O) groups excluding carboxylic acids is 1. The van der Waals surface area contributed by atoms with Gasteiger partial charge in [0.05, 0.1) is 12.7 Å². The van der Waals surface area contributed by atoms with E-state index in [1.807, 2.05) is 0 Å². The van der Waals surface area contributed by atoms with Gasteiger partial charge < -0.3 is 10.1 Å². The van der Waals surface area contributed by atoms with E-state index in [0.29, 0.717) is 13.0 Å². The number of ether oxygens (including phenoxy) is 1. The molecule has 0 radical (unpaired) electrons. The van der Waals surface area contributed by atoms with Crippen molar-refractivity contribution in [2.75, 3.05) is 13.7 Å². The third kappa shape index (κ3) is 3.30. The summed E-state index contributed by atoms with van der Waals surface area (Å²) < 4.78 is 42.2.